The van der Waals surface area contributed by atoms with Crippen molar-refractivity contribution >= 4 is 33.3 Å². The molecule has 5 heteroatoms. The van der Waals surface area contributed by atoms with Crippen molar-refractivity contribution in [1.29, 1.82) is 0 Å². The summed E-state index contributed by atoms with van der Waals surface area (Å²) in [5.41, 5.74) is 0. The monoisotopic (exact) mass is 468 g/mol. The molecule has 3 nitrogen and oxygen atoms in total. The van der Waals surface area contributed by atoms with Crippen LogP contribution in [-0.4, -0.2) is 35.6 Å². The number of aldehydes is 1. The Hall–Kier alpha value is -1.80. The van der Waals surface area contributed by atoms with Gasteiger partial charge in [0.2, 0.25) is 0 Å². The van der Waals surface area contributed by atoms with Crippen LogP contribution in [0.3, 0.4) is 0 Å². The van der Waals surface area contributed by atoms with Gasteiger partial charge < -0.3 is 8.85 Å². The maximum Gasteiger partial charge on any atom is 0.261 e. The average Bonchev–Trinajstić information content (AvgIpc) is 2.73. The summed E-state index contributed by atoms with van der Waals surface area (Å²) in [6.07, 6.45) is 3.89. The summed E-state index contributed by atoms with van der Waals surface area (Å²) >= 11 is 0. The van der Waals surface area contributed by atoms with Crippen LogP contribution < -0.4 is 10.4 Å². The van der Waals surface area contributed by atoms with E-state index in [1.54, 1.807) is 0 Å². The first-order valence-electron chi connectivity index (χ1n) is 11.4. The highest BCUT2D eigenvalue weighted by Crippen LogP contribution is 2.39. The molecule has 0 aliphatic carbocycles. The molecule has 0 unspecified atom stereocenters. The normalized spacial score (nSPS) is 14.5. The van der Waals surface area contributed by atoms with Crippen molar-refractivity contribution in [3.8, 4) is 0 Å². The summed E-state index contributed by atoms with van der Waals surface area (Å²) < 4.78 is 13.7. The van der Waals surface area contributed by atoms with Crippen LogP contribution in [0.25, 0.3) is 0 Å². The number of hydrogen-bond acceptors (Lipinski definition) is 3. The first-order chi connectivity index (χ1) is 14.8. The van der Waals surface area contributed by atoms with Crippen molar-refractivity contribution in [2.75, 3.05) is 6.61 Å². The molecule has 2 aromatic rings. The van der Waals surface area contributed by atoms with Gasteiger partial charge in [-0.3, -0.25) is 4.79 Å². The second-order valence-electron chi connectivity index (χ2n) is 10.9. The van der Waals surface area contributed by atoms with Crippen LogP contribution in [-0.2, 0) is 13.6 Å². The molecule has 0 saturated carbocycles. The van der Waals surface area contributed by atoms with Crippen LogP contribution in [0.5, 0.6) is 0 Å². The van der Waals surface area contributed by atoms with E-state index < -0.39 is 16.6 Å². The molecular formula is C27H40O3Si2. The molecule has 0 spiro atoms. The molecule has 0 radical (unpaired) electrons. The van der Waals surface area contributed by atoms with E-state index in [1.807, 2.05) is 18.2 Å². The summed E-state index contributed by atoms with van der Waals surface area (Å²) in [6, 6.07) is 21.1. The number of carbonyl (C=O) groups is 1. The fourth-order valence-electron chi connectivity index (χ4n) is 3.72. The van der Waals surface area contributed by atoms with Gasteiger partial charge in [0.05, 0.1) is 12.7 Å². The van der Waals surface area contributed by atoms with Gasteiger partial charge in [-0.05, 0) is 39.6 Å². The van der Waals surface area contributed by atoms with Crippen LogP contribution in [0.1, 0.15) is 41.5 Å². The van der Waals surface area contributed by atoms with Gasteiger partial charge in [0.1, 0.15) is 6.29 Å². The predicted molar refractivity (Wildman–Crippen MR) is 141 cm³/mol. The molecular weight excluding hydrogens is 428 g/mol. The third-order valence-corrected chi connectivity index (χ3v) is 16.1. The lowest BCUT2D eigenvalue weighted by molar-refractivity contribution is -0.104. The fourth-order valence-corrected chi connectivity index (χ4v) is 9.35. The van der Waals surface area contributed by atoms with E-state index in [1.165, 1.54) is 16.4 Å². The van der Waals surface area contributed by atoms with Gasteiger partial charge in [-0.2, -0.15) is 0 Å². The quantitative estimate of drug-likeness (QED) is 0.269. The number of carbonyl (C=O) groups excluding carboxylic acids is 1. The molecule has 1 atom stereocenters. The van der Waals surface area contributed by atoms with Gasteiger partial charge in [-0.1, -0.05) is 108 Å². The van der Waals surface area contributed by atoms with E-state index >= 15 is 0 Å². The van der Waals surface area contributed by atoms with Gasteiger partial charge >= 0.3 is 0 Å². The molecule has 0 aliphatic heterocycles. The molecule has 0 aliphatic rings. The number of rotatable bonds is 9. The number of benzene rings is 2. The van der Waals surface area contributed by atoms with E-state index in [0.29, 0.717) is 6.61 Å². The van der Waals surface area contributed by atoms with E-state index in [0.717, 1.165) is 6.29 Å². The summed E-state index contributed by atoms with van der Waals surface area (Å²) in [7, 11) is -4.71. The minimum Gasteiger partial charge on any atom is -0.414 e. The Morgan fingerprint density at radius 2 is 1.28 bits per heavy atom. The highest BCUT2D eigenvalue weighted by Gasteiger charge is 2.51. The van der Waals surface area contributed by atoms with Crippen LogP contribution in [0, 0.1) is 0 Å². The molecule has 0 saturated heterocycles. The van der Waals surface area contributed by atoms with Gasteiger partial charge in [0, 0.05) is 0 Å². The minimum absolute atomic E-state index is 0.101. The lowest BCUT2D eigenvalue weighted by atomic mass is 10.2. The smallest absolute Gasteiger partial charge is 0.261 e. The van der Waals surface area contributed by atoms with Crippen molar-refractivity contribution in [3.63, 3.8) is 0 Å². The molecule has 2 aromatic carbocycles. The Balaban J connectivity index is 2.58. The Kier molecular flexibility index (Phi) is 8.62. The van der Waals surface area contributed by atoms with E-state index in [2.05, 4.69) is 103 Å². The SMILES string of the molecule is CC(C)(C)[Si](C)(C)OC[C@H](/C=C\C=O)O[Si](c1ccccc1)(c1ccccc1)C(C)(C)C. The van der Waals surface area contributed by atoms with E-state index in [4.69, 9.17) is 8.85 Å². The maximum absolute atomic E-state index is 11.2. The standard InChI is InChI=1S/C27H40O3Si2/c1-26(2,3)31(7,8)29-22-23(16-15-21-28)30-32(27(4,5)6,24-17-11-9-12-18-24)25-19-13-10-14-20-25/h9-21,23H,22H2,1-8H3/b16-15-/t23-/m0/s1. The third kappa shape index (κ3) is 5.95. The zero-order valence-corrected chi connectivity index (χ0v) is 23.0. The first-order valence-corrected chi connectivity index (χ1v) is 16.2. The number of allylic oxidation sites excluding steroid dienone is 1. The Labute approximate surface area is 197 Å². The molecule has 0 bridgehead atoms. The Morgan fingerprint density at radius 1 is 0.812 bits per heavy atom. The van der Waals surface area contributed by atoms with Crippen LogP contribution in [0.4, 0.5) is 0 Å². The molecule has 0 fully saturated rings. The molecule has 174 valence electrons. The molecule has 32 heavy (non-hydrogen) atoms. The molecule has 0 aromatic heterocycles. The molecule has 0 heterocycles. The topological polar surface area (TPSA) is 35.5 Å². The van der Waals surface area contributed by atoms with Gasteiger partial charge in [-0.15, -0.1) is 0 Å². The van der Waals surface area contributed by atoms with Crippen LogP contribution in [0.2, 0.25) is 23.2 Å². The van der Waals surface area contributed by atoms with Gasteiger partial charge in [-0.25, -0.2) is 0 Å². The largest absolute Gasteiger partial charge is 0.414 e. The third-order valence-electron chi connectivity index (χ3n) is 6.56. The lowest BCUT2D eigenvalue weighted by Gasteiger charge is -2.45. The average molecular weight is 469 g/mol. The van der Waals surface area contributed by atoms with E-state index in [-0.39, 0.29) is 16.2 Å². The fraction of sp³-hybridized carbons (Fsp3) is 0.444. The zero-order valence-electron chi connectivity index (χ0n) is 21.0. The predicted octanol–water partition coefficient (Wildman–Crippen LogP) is 5.71. The second kappa shape index (κ2) is 10.4. The maximum atomic E-state index is 11.2. The summed E-state index contributed by atoms with van der Waals surface area (Å²) in [6.45, 7) is 18.4. The van der Waals surface area contributed by atoms with Gasteiger partial charge in [0.25, 0.3) is 8.32 Å². The first kappa shape index (κ1) is 26.5. The lowest BCUT2D eigenvalue weighted by Crippen LogP contribution is -2.68. The van der Waals surface area contributed by atoms with Crippen molar-refractivity contribution in [2.24, 2.45) is 0 Å². The Bertz CT molecular complexity index is 839. The Morgan fingerprint density at radius 3 is 1.66 bits per heavy atom. The minimum atomic E-state index is -2.74. The van der Waals surface area contributed by atoms with Crippen LogP contribution >= 0.6 is 0 Å². The molecule has 0 amide bonds. The van der Waals surface area contributed by atoms with Crippen molar-refractivity contribution in [3.05, 3.63) is 72.8 Å². The van der Waals surface area contributed by atoms with E-state index in [9.17, 15) is 4.79 Å². The highest BCUT2D eigenvalue weighted by atomic mass is 28.4. The van der Waals surface area contributed by atoms with Crippen molar-refractivity contribution in [2.45, 2.75) is 70.8 Å². The van der Waals surface area contributed by atoms with Crippen LogP contribution in [0.15, 0.2) is 72.8 Å². The summed E-state index contributed by atoms with van der Waals surface area (Å²) in [5, 5.41) is 2.40. The van der Waals surface area contributed by atoms with Crippen molar-refractivity contribution < 1.29 is 13.6 Å². The number of hydrogen-bond donors (Lipinski definition) is 0. The highest BCUT2D eigenvalue weighted by molar-refractivity contribution is 6.99. The van der Waals surface area contributed by atoms with Crippen molar-refractivity contribution in [1.82, 2.24) is 0 Å². The zero-order chi connectivity index (χ0) is 24.0. The summed E-state index contributed by atoms with van der Waals surface area (Å²) in [5.74, 6) is 0. The summed E-state index contributed by atoms with van der Waals surface area (Å²) in [4.78, 5) is 11.2. The molecule has 0 N–H and O–H groups in total. The molecule has 2 rings (SSSR count). The van der Waals surface area contributed by atoms with Gasteiger partial charge in [0.15, 0.2) is 8.32 Å². The second-order valence-corrected chi connectivity index (χ2v) is 20.0.